The molecule has 1 aromatic rings. The Balaban J connectivity index is 1.64. The van der Waals surface area contributed by atoms with Crippen molar-refractivity contribution in [2.24, 2.45) is 5.92 Å². The van der Waals surface area contributed by atoms with Crippen LogP contribution in [0.1, 0.15) is 51.2 Å². The van der Waals surface area contributed by atoms with Crippen LogP contribution in [0.2, 0.25) is 0 Å². The monoisotopic (exact) mass is 371 g/mol. The van der Waals surface area contributed by atoms with Gasteiger partial charge in [-0.25, -0.2) is 0 Å². The Morgan fingerprint density at radius 1 is 1.15 bits per heavy atom. The van der Waals surface area contributed by atoms with E-state index in [1.807, 2.05) is 38.8 Å². The van der Waals surface area contributed by atoms with Crippen molar-refractivity contribution in [3.8, 4) is 0 Å². The van der Waals surface area contributed by atoms with Crippen LogP contribution in [-0.4, -0.2) is 58.7 Å². The van der Waals surface area contributed by atoms with E-state index < -0.39 is 0 Å². The van der Waals surface area contributed by atoms with Crippen molar-refractivity contribution in [1.29, 1.82) is 0 Å². The first-order valence-electron chi connectivity index (χ1n) is 10.1. The van der Waals surface area contributed by atoms with E-state index >= 15 is 0 Å². The smallest absolute Gasteiger partial charge is 0.228 e. The lowest BCUT2D eigenvalue weighted by Gasteiger charge is -2.32. The number of likely N-dealkylation sites (tertiary alicyclic amines) is 2. The molecular weight excluding hydrogens is 338 g/mol. The summed E-state index contributed by atoms with van der Waals surface area (Å²) in [5, 5.41) is 0. The van der Waals surface area contributed by atoms with Gasteiger partial charge in [-0.1, -0.05) is 24.3 Å². The van der Waals surface area contributed by atoms with E-state index in [0.717, 1.165) is 19.6 Å². The van der Waals surface area contributed by atoms with Crippen LogP contribution in [0.15, 0.2) is 24.3 Å². The largest absolute Gasteiger partial charge is 0.341 e. The molecule has 1 aromatic carbocycles. The van der Waals surface area contributed by atoms with Gasteiger partial charge in [-0.2, -0.15) is 0 Å². The molecular formula is C22H33N3O2. The first-order chi connectivity index (χ1) is 12.8. The molecule has 2 heterocycles. The van der Waals surface area contributed by atoms with E-state index in [-0.39, 0.29) is 23.3 Å². The minimum atomic E-state index is -0.229. The van der Waals surface area contributed by atoms with Gasteiger partial charge in [0.1, 0.15) is 0 Å². The minimum Gasteiger partial charge on any atom is -0.341 e. The van der Waals surface area contributed by atoms with Crippen molar-refractivity contribution in [1.82, 2.24) is 14.7 Å². The Morgan fingerprint density at radius 3 is 2.37 bits per heavy atom. The lowest BCUT2D eigenvalue weighted by Crippen LogP contribution is -2.43. The Labute approximate surface area is 163 Å². The highest BCUT2D eigenvalue weighted by atomic mass is 16.2. The summed E-state index contributed by atoms with van der Waals surface area (Å²) >= 11 is 0. The minimum absolute atomic E-state index is 0.0751. The maximum Gasteiger partial charge on any atom is 0.228 e. The quantitative estimate of drug-likeness (QED) is 0.799. The fourth-order valence-corrected chi connectivity index (χ4v) is 4.21. The highest BCUT2D eigenvalue weighted by molar-refractivity contribution is 5.89. The summed E-state index contributed by atoms with van der Waals surface area (Å²) < 4.78 is 0. The summed E-state index contributed by atoms with van der Waals surface area (Å²) in [4.78, 5) is 31.4. The maximum absolute atomic E-state index is 13.0. The average Bonchev–Trinajstić information content (AvgIpc) is 3.25. The van der Waals surface area contributed by atoms with Crippen LogP contribution < -0.4 is 0 Å². The molecule has 2 aliphatic heterocycles. The summed E-state index contributed by atoms with van der Waals surface area (Å²) in [6.45, 7) is 10.5. The van der Waals surface area contributed by atoms with E-state index in [1.165, 1.54) is 24.0 Å². The zero-order valence-corrected chi connectivity index (χ0v) is 17.2. The molecule has 0 N–H and O–H groups in total. The van der Waals surface area contributed by atoms with Crippen molar-refractivity contribution < 1.29 is 9.59 Å². The normalized spacial score (nSPS) is 21.1. The predicted molar refractivity (Wildman–Crippen MR) is 107 cm³/mol. The van der Waals surface area contributed by atoms with Gasteiger partial charge in [-0.15, -0.1) is 0 Å². The molecule has 2 aliphatic rings. The number of carbonyl (C=O) groups is 2. The van der Waals surface area contributed by atoms with Gasteiger partial charge in [0.15, 0.2) is 0 Å². The molecule has 1 atom stereocenters. The lowest BCUT2D eigenvalue weighted by atomic mass is 10.0. The molecule has 0 bridgehead atoms. The number of carbonyl (C=O) groups excluding carboxylic acids is 2. The Bertz CT molecular complexity index is 689. The summed E-state index contributed by atoms with van der Waals surface area (Å²) in [6, 6.07) is 8.41. The van der Waals surface area contributed by atoms with Crippen molar-refractivity contribution in [3.63, 3.8) is 0 Å². The highest BCUT2D eigenvalue weighted by Gasteiger charge is 2.40. The van der Waals surface area contributed by atoms with E-state index in [2.05, 4.69) is 23.1 Å². The molecule has 0 aliphatic carbocycles. The molecule has 2 fully saturated rings. The Kier molecular flexibility index (Phi) is 5.89. The second-order valence-electron chi connectivity index (χ2n) is 9.02. The fourth-order valence-electron chi connectivity index (χ4n) is 4.21. The standard InChI is InChI=1S/C22H33N3O2/c1-22(2,3)25-16-19(13-20(25)26)21(27)23(4)14-17-9-5-6-10-18(17)15-24-11-7-8-12-24/h5-6,9-10,19H,7-8,11-16H2,1-4H3. The van der Waals surface area contributed by atoms with Crippen LogP contribution in [0.5, 0.6) is 0 Å². The van der Waals surface area contributed by atoms with Crippen LogP contribution >= 0.6 is 0 Å². The predicted octanol–water partition coefficient (Wildman–Crippen LogP) is 2.89. The summed E-state index contributed by atoms with van der Waals surface area (Å²) in [5.74, 6) is -0.0674. The van der Waals surface area contributed by atoms with Crippen molar-refractivity contribution >= 4 is 11.8 Å². The van der Waals surface area contributed by atoms with Crippen LogP contribution in [0.25, 0.3) is 0 Å². The first-order valence-corrected chi connectivity index (χ1v) is 10.1. The van der Waals surface area contributed by atoms with Gasteiger partial charge in [0.05, 0.1) is 5.92 Å². The number of nitrogens with zero attached hydrogens (tertiary/aromatic N) is 3. The summed E-state index contributed by atoms with van der Waals surface area (Å²) in [6.07, 6.45) is 2.89. The van der Waals surface area contributed by atoms with Gasteiger partial charge in [-0.05, 0) is 57.8 Å². The second kappa shape index (κ2) is 8.01. The molecule has 2 amide bonds. The lowest BCUT2D eigenvalue weighted by molar-refractivity contribution is -0.135. The first kappa shape index (κ1) is 19.9. The maximum atomic E-state index is 13.0. The highest BCUT2D eigenvalue weighted by Crippen LogP contribution is 2.27. The number of benzene rings is 1. The van der Waals surface area contributed by atoms with Crippen molar-refractivity contribution in [2.45, 2.75) is 58.7 Å². The molecule has 148 valence electrons. The second-order valence-corrected chi connectivity index (χ2v) is 9.02. The average molecular weight is 372 g/mol. The number of hydrogen-bond donors (Lipinski definition) is 0. The van der Waals surface area contributed by atoms with Crippen LogP contribution in [0.4, 0.5) is 0 Å². The fraction of sp³-hybridized carbons (Fsp3) is 0.636. The van der Waals surface area contributed by atoms with E-state index in [9.17, 15) is 9.59 Å². The van der Waals surface area contributed by atoms with Crippen molar-refractivity contribution in [3.05, 3.63) is 35.4 Å². The molecule has 3 rings (SSSR count). The molecule has 5 nitrogen and oxygen atoms in total. The Morgan fingerprint density at radius 2 is 1.78 bits per heavy atom. The molecule has 0 saturated carbocycles. The third kappa shape index (κ3) is 4.70. The van der Waals surface area contributed by atoms with Gasteiger partial charge < -0.3 is 9.80 Å². The van der Waals surface area contributed by atoms with E-state index in [1.54, 1.807) is 4.90 Å². The van der Waals surface area contributed by atoms with Gasteiger partial charge in [0, 0.05) is 38.6 Å². The van der Waals surface area contributed by atoms with Crippen molar-refractivity contribution in [2.75, 3.05) is 26.7 Å². The molecule has 1 unspecified atom stereocenters. The number of rotatable bonds is 5. The van der Waals surface area contributed by atoms with Crippen LogP contribution in [-0.2, 0) is 22.7 Å². The van der Waals surface area contributed by atoms with Crippen LogP contribution in [0, 0.1) is 5.92 Å². The van der Waals surface area contributed by atoms with E-state index in [0.29, 0.717) is 19.5 Å². The van der Waals surface area contributed by atoms with Gasteiger partial charge in [0.25, 0.3) is 0 Å². The molecule has 0 aromatic heterocycles. The van der Waals surface area contributed by atoms with Crippen LogP contribution in [0.3, 0.4) is 0 Å². The summed E-state index contributed by atoms with van der Waals surface area (Å²) in [5.41, 5.74) is 2.28. The number of amides is 2. The molecule has 5 heteroatoms. The summed E-state index contributed by atoms with van der Waals surface area (Å²) in [7, 11) is 1.86. The topological polar surface area (TPSA) is 43.9 Å². The zero-order chi connectivity index (χ0) is 19.6. The Hall–Kier alpha value is -1.88. The molecule has 27 heavy (non-hydrogen) atoms. The molecule has 0 radical (unpaired) electrons. The third-order valence-electron chi connectivity index (χ3n) is 5.78. The molecule has 0 spiro atoms. The van der Waals surface area contributed by atoms with Gasteiger partial charge >= 0.3 is 0 Å². The molecule has 2 saturated heterocycles. The zero-order valence-electron chi connectivity index (χ0n) is 17.2. The number of hydrogen-bond acceptors (Lipinski definition) is 3. The third-order valence-corrected chi connectivity index (χ3v) is 5.78. The SMILES string of the molecule is CN(Cc1ccccc1CN1CCCC1)C(=O)C1CC(=O)N(C(C)(C)C)C1. The van der Waals surface area contributed by atoms with Gasteiger partial charge in [0.2, 0.25) is 11.8 Å². The van der Waals surface area contributed by atoms with E-state index in [4.69, 9.17) is 0 Å². The van der Waals surface area contributed by atoms with Gasteiger partial charge in [-0.3, -0.25) is 14.5 Å².